The van der Waals surface area contributed by atoms with E-state index in [9.17, 15) is 19.7 Å². The molecule has 0 saturated heterocycles. The fourth-order valence-electron chi connectivity index (χ4n) is 2.05. The molecule has 27 heavy (non-hydrogen) atoms. The van der Waals surface area contributed by atoms with Crippen LogP contribution in [0.15, 0.2) is 42.5 Å². The highest BCUT2D eigenvalue weighted by atomic mass is 127. The van der Waals surface area contributed by atoms with E-state index in [4.69, 9.17) is 9.47 Å². The van der Waals surface area contributed by atoms with E-state index in [-0.39, 0.29) is 24.5 Å². The van der Waals surface area contributed by atoms with Crippen molar-refractivity contribution in [2.45, 2.75) is 0 Å². The van der Waals surface area contributed by atoms with Crippen LogP contribution in [0.25, 0.3) is 0 Å². The van der Waals surface area contributed by atoms with Gasteiger partial charge in [-0.3, -0.25) is 20.2 Å². The van der Waals surface area contributed by atoms with E-state index in [1.165, 1.54) is 25.3 Å². The molecule has 2 aromatic rings. The molecular formula is C17H16IN3O6. The second-order valence-corrected chi connectivity index (χ2v) is 6.37. The predicted octanol–water partition coefficient (Wildman–Crippen LogP) is 3.65. The van der Waals surface area contributed by atoms with Crippen molar-refractivity contribution in [2.75, 3.05) is 31.0 Å². The van der Waals surface area contributed by atoms with Crippen molar-refractivity contribution < 1.29 is 24.0 Å². The summed E-state index contributed by atoms with van der Waals surface area (Å²) in [5.74, 6) is -0.497. The maximum Gasteiger partial charge on any atom is 0.411 e. The van der Waals surface area contributed by atoms with Crippen LogP contribution in [0.2, 0.25) is 0 Å². The number of hydrogen-bond donors (Lipinski definition) is 2. The molecule has 0 heterocycles. The van der Waals surface area contributed by atoms with Gasteiger partial charge in [0.1, 0.15) is 6.61 Å². The zero-order valence-electron chi connectivity index (χ0n) is 14.2. The van der Waals surface area contributed by atoms with E-state index < -0.39 is 16.9 Å². The SMILES string of the molecule is COCCOC(=O)Nc1cccc(NC(=O)c2cc([N+](=O)[O-])ccc2I)c1. The minimum absolute atomic E-state index is 0.115. The summed E-state index contributed by atoms with van der Waals surface area (Å²) in [5, 5.41) is 16.1. The van der Waals surface area contributed by atoms with Gasteiger partial charge in [-0.05, 0) is 46.9 Å². The van der Waals surface area contributed by atoms with E-state index in [2.05, 4.69) is 10.6 Å². The molecule has 0 aliphatic heterocycles. The fourth-order valence-corrected chi connectivity index (χ4v) is 2.63. The molecule has 2 rings (SSSR count). The molecule has 0 unspecified atom stereocenters. The van der Waals surface area contributed by atoms with Crippen LogP contribution in [0, 0.1) is 13.7 Å². The molecule has 9 nitrogen and oxygen atoms in total. The number of rotatable bonds is 7. The van der Waals surface area contributed by atoms with Crippen LogP contribution in [0.1, 0.15) is 10.4 Å². The van der Waals surface area contributed by atoms with Gasteiger partial charge in [0.25, 0.3) is 11.6 Å². The summed E-state index contributed by atoms with van der Waals surface area (Å²) in [5.41, 5.74) is 0.845. The summed E-state index contributed by atoms with van der Waals surface area (Å²) < 4.78 is 10.3. The number of carbonyl (C=O) groups is 2. The number of carbonyl (C=O) groups excluding carboxylic acids is 2. The van der Waals surface area contributed by atoms with Crippen LogP contribution in [-0.4, -0.2) is 37.2 Å². The molecule has 2 aromatic carbocycles. The van der Waals surface area contributed by atoms with Crippen LogP contribution in [0.4, 0.5) is 21.9 Å². The van der Waals surface area contributed by atoms with E-state index in [1.807, 2.05) is 22.6 Å². The minimum atomic E-state index is -0.649. The normalized spacial score (nSPS) is 10.1. The maximum atomic E-state index is 12.5. The van der Waals surface area contributed by atoms with E-state index in [0.29, 0.717) is 14.9 Å². The topological polar surface area (TPSA) is 120 Å². The van der Waals surface area contributed by atoms with Gasteiger partial charge in [-0.2, -0.15) is 0 Å². The number of nitrogens with zero attached hydrogens (tertiary/aromatic N) is 1. The van der Waals surface area contributed by atoms with Crippen molar-refractivity contribution in [1.29, 1.82) is 0 Å². The molecule has 0 atom stereocenters. The number of anilines is 2. The number of non-ortho nitro benzene ring substituents is 1. The average molecular weight is 485 g/mol. The Morgan fingerprint density at radius 1 is 1.11 bits per heavy atom. The van der Waals surface area contributed by atoms with E-state index in [1.54, 1.807) is 24.3 Å². The molecule has 0 radical (unpaired) electrons. The Morgan fingerprint density at radius 3 is 2.48 bits per heavy atom. The highest BCUT2D eigenvalue weighted by molar-refractivity contribution is 14.1. The van der Waals surface area contributed by atoms with Gasteiger partial charge in [-0.1, -0.05) is 6.07 Å². The zero-order chi connectivity index (χ0) is 19.8. The number of amides is 2. The van der Waals surface area contributed by atoms with Gasteiger partial charge in [0.15, 0.2) is 0 Å². The van der Waals surface area contributed by atoms with Crippen molar-refractivity contribution in [1.82, 2.24) is 0 Å². The molecule has 142 valence electrons. The summed E-state index contributed by atoms with van der Waals surface area (Å²) in [6.07, 6.45) is -0.649. The number of benzene rings is 2. The number of nitro groups is 1. The van der Waals surface area contributed by atoms with Crippen molar-refractivity contribution >= 4 is 51.7 Å². The van der Waals surface area contributed by atoms with Crippen molar-refractivity contribution in [3.05, 3.63) is 61.7 Å². The summed E-state index contributed by atoms with van der Waals surface area (Å²) in [4.78, 5) is 34.4. The van der Waals surface area contributed by atoms with Gasteiger partial charge in [0.2, 0.25) is 0 Å². The standard InChI is InChI=1S/C17H16IN3O6/c1-26-7-8-27-17(23)20-12-4-2-3-11(9-12)19-16(22)14-10-13(21(24)25)5-6-15(14)18/h2-6,9-10H,7-8H2,1H3,(H,19,22)(H,20,23). The number of nitro benzene ring substituents is 1. The van der Waals surface area contributed by atoms with Crippen molar-refractivity contribution in [3.8, 4) is 0 Å². The quantitative estimate of drug-likeness (QED) is 0.268. The Bertz CT molecular complexity index is 858. The highest BCUT2D eigenvalue weighted by Gasteiger charge is 2.16. The lowest BCUT2D eigenvalue weighted by Crippen LogP contribution is -2.17. The second-order valence-electron chi connectivity index (χ2n) is 5.21. The monoisotopic (exact) mass is 485 g/mol. The number of methoxy groups -OCH3 is 1. The molecule has 0 fully saturated rings. The predicted molar refractivity (Wildman–Crippen MR) is 107 cm³/mol. The third-order valence-corrected chi connectivity index (χ3v) is 4.23. The first-order chi connectivity index (χ1) is 12.9. The Labute approximate surface area is 168 Å². The van der Waals surface area contributed by atoms with Crippen LogP contribution in [-0.2, 0) is 9.47 Å². The summed E-state index contributed by atoms with van der Waals surface area (Å²) in [7, 11) is 1.50. The first-order valence-corrected chi connectivity index (χ1v) is 8.76. The number of halogens is 1. The molecule has 0 aliphatic carbocycles. The number of hydrogen-bond acceptors (Lipinski definition) is 6. The van der Waals surface area contributed by atoms with Gasteiger partial charge in [0.05, 0.1) is 17.1 Å². The largest absolute Gasteiger partial charge is 0.447 e. The van der Waals surface area contributed by atoms with Crippen molar-refractivity contribution in [3.63, 3.8) is 0 Å². The van der Waals surface area contributed by atoms with Gasteiger partial charge >= 0.3 is 6.09 Å². The first kappa shape index (κ1) is 20.6. The molecule has 2 N–H and O–H groups in total. The average Bonchev–Trinajstić information content (AvgIpc) is 2.62. The zero-order valence-corrected chi connectivity index (χ0v) is 16.4. The molecule has 0 bridgehead atoms. The van der Waals surface area contributed by atoms with Crippen LogP contribution in [0.3, 0.4) is 0 Å². The molecule has 2 amide bonds. The lowest BCUT2D eigenvalue weighted by molar-refractivity contribution is -0.384. The van der Waals surface area contributed by atoms with E-state index in [0.717, 1.165) is 0 Å². The molecule has 0 aromatic heterocycles. The third kappa shape index (κ3) is 6.18. The van der Waals surface area contributed by atoms with E-state index >= 15 is 0 Å². The summed E-state index contributed by atoms with van der Waals surface area (Å²) in [6.45, 7) is 0.398. The fraction of sp³-hybridized carbons (Fsp3) is 0.176. The Kier molecular flexibility index (Phi) is 7.49. The molecule has 0 spiro atoms. The van der Waals surface area contributed by atoms with Crippen LogP contribution < -0.4 is 10.6 Å². The summed E-state index contributed by atoms with van der Waals surface area (Å²) >= 11 is 1.93. The van der Waals surface area contributed by atoms with Crippen LogP contribution in [0.5, 0.6) is 0 Å². The lowest BCUT2D eigenvalue weighted by Gasteiger charge is -2.10. The lowest BCUT2D eigenvalue weighted by atomic mass is 10.2. The van der Waals surface area contributed by atoms with Gasteiger partial charge < -0.3 is 14.8 Å². The third-order valence-electron chi connectivity index (χ3n) is 3.29. The molecule has 10 heteroatoms. The molecule has 0 saturated carbocycles. The summed E-state index contributed by atoms with van der Waals surface area (Å²) in [6, 6.07) is 10.5. The Balaban J connectivity index is 2.07. The van der Waals surface area contributed by atoms with Gasteiger partial charge in [-0.15, -0.1) is 0 Å². The van der Waals surface area contributed by atoms with Gasteiger partial charge in [0, 0.05) is 34.2 Å². The molecular weight excluding hydrogens is 469 g/mol. The first-order valence-electron chi connectivity index (χ1n) is 7.69. The number of ether oxygens (including phenoxy) is 2. The second kappa shape index (κ2) is 9.83. The Morgan fingerprint density at radius 2 is 1.81 bits per heavy atom. The smallest absolute Gasteiger partial charge is 0.411 e. The van der Waals surface area contributed by atoms with Crippen molar-refractivity contribution in [2.24, 2.45) is 0 Å². The minimum Gasteiger partial charge on any atom is -0.447 e. The Hall–Kier alpha value is -2.73. The highest BCUT2D eigenvalue weighted by Crippen LogP contribution is 2.22. The maximum absolute atomic E-state index is 12.5. The molecule has 0 aliphatic rings. The van der Waals surface area contributed by atoms with Gasteiger partial charge in [-0.25, -0.2) is 4.79 Å². The number of nitrogens with one attached hydrogen (secondary N) is 2. The van der Waals surface area contributed by atoms with Crippen LogP contribution >= 0.6 is 22.6 Å².